The van der Waals surface area contributed by atoms with Crippen LogP contribution in [0.5, 0.6) is 0 Å². The summed E-state index contributed by atoms with van der Waals surface area (Å²) in [5.41, 5.74) is 2.23. The van der Waals surface area contributed by atoms with E-state index in [0.29, 0.717) is 12.5 Å². The molecule has 3 aromatic rings. The molecule has 1 aliphatic heterocycles. The maximum absolute atomic E-state index is 12.2. The number of aromatic nitrogens is 5. The van der Waals surface area contributed by atoms with Gasteiger partial charge in [-0.25, -0.2) is 14.2 Å². The number of benzene rings is 1. The van der Waals surface area contributed by atoms with Crippen molar-refractivity contribution in [3.8, 4) is 5.69 Å². The van der Waals surface area contributed by atoms with Gasteiger partial charge in [0.1, 0.15) is 5.82 Å². The van der Waals surface area contributed by atoms with Gasteiger partial charge in [0, 0.05) is 38.8 Å². The molecule has 0 amide bonds. The molecular formula is C20H26N6O. The molecule has 0 radical (unpaired) electrons. The van der Waals surface area contributed by atoms with E-state index >= 15 is 0 Å². The van der Waals surface area contributed by atoms with E-state index in [0.717, 1.165) is 44.0 Å². The Balaban J connectivity index is 1.53. The molecule has 1 saturated heterocycles. The molecule has 7 nitrogen and oxygen atoms in total. The Labute approximate surface area is 158 Å². The smallest absolute Gasteiger partial charge is 0.297 e. The molecule has 0 N–H and O–H groups in total. The van der Waals surface area contributed by atoms with Crippen LogP contribution in [0.2, 0.25) is 0 Å². The molecule has 2 aromatic heterocycles. The summed E-state index contributed by atoms with van der Waals surface area (Å²) in [5, 5.41) is 9.02. The summed E-state index contributed by atoms with van der Waals surface area (Å²) in [4.78, 5) is 14.7. The number of nitrogens with zero attached hydrogens (tertiary/aromatic N) is 6. The van der Waals surface area contributed by atoms with Crippen molar-refractivity contribution < 1.29 is 0 Å². The predicted octanol–water partition coefficient (Wildman–Crippen LogP) is 2.17. The second kappa shape index (κ2) is 7.52. The van der Waals surface area contributed by atoms with Crippen LogP contribution in [0.3, 0.4) is 0 Å². The lowest BCUT2D eigenvalue weighted by Crippen LogP contribution is -2.36. The summed E-state index contributed by atoms with van der Waals surface area (Å²) in [6, 6.07) is 12.3. The second-order valence-corrected chi connectivity index (χ2v) is 7.15. The number of para-hydroxylation sites is 1. The van der Waals surface area contributed by atoms with E-state index in [1.54, 1.807) is 7.05 Å². The third-order valence-electron chi connectivity index (χ3n) is 5.33. The molecule has 0 saturated carbocycles. The molecule has 27 heavy (non-hydrogen) atoms. The molecule has 1 aliphatic rings. The average Bonchev–Trinajstić information content (AvgIpc) is 3.27. The molecule has 0 spiro atoms. The van der Waals surface area contributed by atoms with Gasteiger partial charge >= 0.3 is 5.69 Å². The Morgan fingerprint density at radius 2 is 2.00 bits per heavy atom. The van der Waals surface area contributed by atoms with Crippen LogP contribution in [0, 0.1) is 0 Å². The Kier molecular flexibility index (Phi) is 4.94. The topological polar surface area (TPSA) is 60.9 Å². The first-order chi connectivity index (χ1) is 13.2. The molecular weight excluding hydrogens is 340 g/mol. The Bertz CT molecular complexity index is 955. The molecule has 3 heterocycles. The summed E-state index contributed by atoms with van der Waals surface area (Å²) in [7, 11) is 1.73. The first-order valence-electron chi connectivity index (χ1n) is 9.61. The lowest BCUT2D eigenvalue weighted by molar-refractivity contribution is 0.191. The summed E-state index contributed by atoms with van der Waals surface area (Å²) in [6.07, 6.45) is 4.04. The van der Waals surface area contributed by atoms with Gasteiger partial charge < -0.3 is 0 Å². The second-order valence-electron chi connectivity index (χ2n) is 7.15. The molecule has 0 bridgehead atoms. The van der Waals surface area contributed by atoms with Gasteiger partial charge in [0.15, 0.2) is 0 Å². The third kappa shape index (κ3) is 3.47. The van der Waals surface area contributed by atoms with Crippen LogP contribution in [0.1, 0.15) is 37.2 Å². The van der Waals surface area contributed by atoms with E-state index in [9.17, 15) is 4.79 Å². The number of rotatable bonds is 5. The minimum absolute atomic E-state index is 0.0215. The van der Waals surface area contributed by atoms with Crippen LogP contribution in [0.4, 0.5) is 0 Å². The van der Waals surface area contributed by atoms with E-state index in [1.165, 1.54) is 10.4 Å². The van der Waals surface area contributed by atoms with Gasteiger partial charge in [0.05, 0.1) is 11.4 Å². The number of aryl methyl sites for hydroxylation is 1. The Morgan fingerprint density at radius 3 is 2.78 bits per heavy atom. The van der Waals surface area contributed by atoms with Crippen molar-refractivity contribution in [1.29, 1.82) is 0 Å². The third-order valence-corrected chi connectivity index (χ3v) is 5.33. The molecule has 1 aromatic carbocycles. The van der Waals surface area contributed by atoms with E-state index in [2.05, 4.69) is 33.3 Å². The van der Waals surface area contributed by atoms with Crippen LogP contribution in [0.15, 0.2) is 47.4 Å². The van der Waals surface area contributed by atoms with Gasteiger partial charge in [-0.15, -0.1) is 0 Å². The molecule has 7 heteroatoms. The highest BCUT2D eigenvalue weighted by atomic mass is 16.2. The number of piperidine rings is 1. The van der Waals surface area contributed by atoms with Crippen molar-refractivity contribution in [1.82, 2.24) is 29.0 Å². The average molecular weight is 366 g/mol. The zero-order chi connectivity index (χ0) is 18.8. The van der Waals surface area contributed by atoms with Crippen molar-refractivity contribution in [2.45, 2.75) is 38.8 Å². The van der Waals surface area contributed by atoms with E-state index in [1.807, 2.05) is 40.6 Å². The maximum Gasteiger partial charge on any atom is 0.345 e. The van der Waals surface area contributed by atoms with Crippen LogP contribution < -0.4 is 5.69 Å². The standard InChI is InChI=1S/C20H26N6O/c1-3-25-19(22-23(2)20(25)27)16-8-7-13-24(14-16)15-18-11-12-21-26(18)17-9-5-4-6-10-17/h4-6,9-12,16H,3,7-8,13-15H2,1-2H3/t16-/m0/s1. The van der Waals surface area contributed by atoms with Gasteiger partial charge in [0.2, 0.25) is 0 Å². The minimum atomic E-state index is -0.0215. The van der Waals surface area contributed by atoms with Gasteiger partial charge in [-0.2, -0.15) is 10.2 Å². The highest BCUT2D eigenvalue weighted by Crippen LogP contribution is 2.26. The van der Waals surface area contributed by atoms with Crippen molar-refractivity contribution >= 4 is 0 Å². The van der Waals surface area contributed by atoms with E-state index in [-0.39, 0.29) is 5.69 Å². The van der Waals surface area contributed by atoms with Crippen molar-refractivity contribution in [2.75, 3.05) is 13.1 Å². The molecule has 0 unspecified atom stereocenters. The Morgan fingerprint density at radius 1 is 1.19 bits per heavy atom. The summed E-state index contributed by atoms with van der Waals surface area (Å²) < 4.78 is 5.27. The minimum Gasteiger partial charge on any atom is -0.297 e. The predicted molar refractivity (Wildman–Crippen MR) is 104 cm³/mol. The van der Waals surface area contributed by atoms with E-state index < -0.39 is 0 Å². The van der Waals surface area contributed by atoms with Crippen molar-refractivity contribution in [3.63, 3.8) is 0 Å². The zero-order valence-corrected chi connectivity index (χ0v) is 16.0. The number of hydrogen-bond acceptors (Lipinski definition) is 4. The van der Waals surface area contributed by atoms with Crippen LogP contribution >= 0.6 is 0 Å². The highest BCUT2D eigenvalue weighted by Gasteiger charge is 2.27. The fourth-order valence-corrected chi connectivity index (χ4v) is 4.01. The maximum atomic E-state index is 12.2. The Hall–Kier alpha value is -2.67. The van der Waals surface area contributed by atoms with Gasteiger partial charge in [0.25, 0.3) is 0 Å². The number of likely N-dealkylation sites (tertiary alicyclic amines) is 1. The summed E-state index contributed by atoms with van der Waals surface area (Å²) in [5.74, 6) is 1.21. The van der Waals surface area contributed by atoms with Crippen LogP contribution in [-0.2, 0) is 20.1 Å². The molecule has 0 aliphatic carbocycles. The monoisotopic (exact) mass is 366 g/mol. The normalized spacial score (nSPS) is 18.1. The SMILES string of the molecule is CCn1c([C@H]2CCCN(Cc3ccnn3-c3ccccc3)C2)nn(C)c1=O. The summed E-state index contributed by atoms with van der Waals surface area (Å²) in [6.45, 7) is 5.48. The quantitative estimate of drug-likeness (QED) is 0.694. The first-order valence-corrected chi connectivity index (χ1v) is 9.61. The molecule has 4 rings (SSSR count). The van der Waals surface area contributed by atoms with Crippen LogP contribution in [-0.4, -0.2) is 42.1 Å². The fraction of sp³-hybridized carbons (Fsp3) is 0.450. The first kappa shape index (κ1) is 17.7. The molecule has 1 atom stereocenters. The van der Waals surface area contributed by atoms with Crippen molar-refractivity contribution in [3.05, 3.63) is 64.6 Å². The van der Waals surface area contributed by atoms with Gasteiger partial charge in [-0.1, -0.05) is 18.2 Å². The zero-order valence-electron chi connectivity index (χ0n) is 16.0. The fourth-order valence-electron chi connectivity index (χ4n) is 4.01. The summed E-state index contributed by atoms with van der Waals surface area (Å²) >= 11 is 0. The van der Waals surface area contributed by atoms with Crippen LogP contribution in [0.25, 0.3) is 5.69 Å². The van der Waals surface area contributed by atoms with Crippen molar-refractivity contribution in [2.24, 2.45) is 7.05 Å². The molecule has 142 valence electrons. The van der Waals surface area contributed by atoms with Gasteiger partial charge in [-0.3, -0.25) is 9.47 Å². The largest absolute Gasteiger partial charge is 0.345 e. The lowest BCUT2D eigenvalue weighted by atomic mass is 9.97. The van der Waals surface area contributed by atoms with Gasteiger partial charge in [-0.05, 0) is 44.5 Å². The van der Waals surface area contributed by atoms with E-state index in [4.69, 9.17) is 0 Å². The highest BCUT2D eigenvalue weighted by molar-refractivity contribution is 5.32. The molecule has 1 fully saturated rings. The number of hydrogen-bond donors (Lipinski definition) is 0. The lowest BCUT2D eigenvalue weighted by Gasteiger charge is -2.32.